The number of carboxylic acid groups (broad SMARTS) is 2. The highest BCUT2D eigenvalue weighted by Gasteiger charge is 2.03. The van der Waals surface area contributed by atoms with E-state index in [1.807, 2.05) is 0 Å². The summed E-state index contributed by atoms with van der Waals surface area (Å²) < 4.78 is 0. The highest BCUT2D eigenvalue weighted by atomic mass is 16.4. The standard InChI is InChI=1S/C9H12O4/c1-6(8(10)11)4-3-5-7(2)9(12)13/h5H,1,3-4H2,2H3,(H,10,11)(H,12,13). The minimum atomic E-state index is -1.04. The van der Waals surface area contributed by atoms with Crippen molar-refractivity contribution in [2.45, 2.75) is 19.8 Å². The molecule has 0 heterocycles. The highest BCUT2D eigenvalue weighted by molar-refractivity contribution is 5.86. The third-order valence-electron chi connectivity index (χ3n) is 1.54. The van der Waals surface area contributed by atoms with Gasteiger partial charge in [0.15, 0.2) is 0 Å². The lowest BCUT2D eigenvalue weighted by Crippen LogP contribution is -1.99. The summed E-state index contributed by atoms with van der Waals surface area (Å²) in [6, 6.07) is 0. The fourth-order valence-electron chi connectivity index (χ4n) is 0.657. The molecule has 0 aliphatic rings. The van der Waals surface area contributed by atoms with E-state index in [-0.39, 0.29) is 17.6 Å². The zero-order valence-electron chi connectivity index (χ0n) is 7.41. The van der Waals surface area contributed by atoms with Crippen molar-refractivity contribution in [2.24, 2.45) is 0 Å². The second-order valence-corrected chi connectivity index (χ2v) is 2.64. The average Bonchev–Trinajstić information content (AvgIpc) is 2.03. The zero-order valence-corrected chi connectivity index (χ0v) is 7.41. The van der Waals surface area contributed by atoms with Crippen LogP contribution in [0, 0.1) is 0 Å². The first kappa shape index (κ1) is 11.4. The van der Waals surface area contributed by atoms with Crippen LogP contribution in [-0.2, 0) is 9.59 Å². The Morgan fingerprint density at radius 3 is 2.23 bits per heavy atom. The van der Waals surface area contributed by atoms with Crippen molar-refractivity contribution in [1.82, 2.24) is 0 Å². The van der Waals surface area contributed by atoms with Gasteiger partial charge < -0.3 is 10.2 Å². The molecule has 0 atom stereocenters. The third-order valence-corrected chi connectivity index (χ3v) is 1.54. The number of hydrogen-bond acceptors (Lipinski definition) is 2. The Labute approximate surface area is 76.2 Å². The molecule has 0 fully saturated rings. The van der Waals surface area contributed by atoms with Gasteiger partial charge in [-0.1, -0.05) is 12.7 Å². The third kappa shape index (κ3) is 4.79. The summed E-state index contributed by atoms with van der Waals surface area (Å²) in [4.78, 5) is 20.6. The van der Waals surface area contributed by atoms with E-state index in [0.29, 0.717) is 6.42 Å². The van der Waals surface area contributed by atoms with E-state index in [1.54, 1.807) is 0 Å². The van der Waals surface area contributed by atoms with E-state index in [9.17, 15) is 9.59 Å². The van der Waals surface area contributed by atoms with Crippen molar-refractivity contribution >= 4 is 11.9 Å². The predicted octanol–water partition coefficient (Wildman–Crippen LogP) is 1.44. The maximum absolute atomic E-state index is 10.3. The maximum atomic E-state index is 10.3. The van der Waals surface area contributed by atoms with Gasteiger partial charge in [-0.3, -0.25) is 0 Å². The summed E-state index contributed by atoms with van der Waals surface area (Å²) in [5, 5.41) is 16.9. The first-order valence-electron chi connectivity index (χ1n) is 3.76. The highest BCUT2D eigenvalue weighted by Crippen LogP contribution is 2.05. The van der Waals surface area contributed by atoms with Gasteiger partial charge in [0.05, 0.1) is 0 Å². The Bertz CT molecular complexity index is 263. The van der Waals surface area contributed by atoms with Crippen molar-refractivity contribution < 1.29 is 19.8 Å². The van der Waals surface area contributed by atoms with Gasteiger partial charge in [0.25, 0.3) is 0 Å². The summed E-state index contributed by atoms with van der Waals surface area (Å²) in [7, 11) is 0. The predicted molar refractivity (Wildman–Crippen MR) is 47.4 cm³/mol. The second kappa shape index (κ2) is 5.13. The molecule has 0 rings (SSSR count). The Hall–Kier alpha value is -1.58. The molecule has 4 heteroatoms. The first-order valence-corrected chi connectivity index (χ1v) is 3.76. The topological polar surface area (TPSA) is 74.6 Å². The van der Waals surface area contributed by atoms with Crippen LogP contribution >= 0.6 is 0 Å². The van der Waals surface area contributed by atoms with Gasteiger partial charge in [0.1, 0.15) is 0 Å². The van der Waals surface area contributed by atoms with E-state index in [0.717, 1.165) is 0 Å². The fourth-order valence-corrected chi connectivity index (χ4v) is 0.657. The van der Waals surface area contributed by atoms with E-state index in [4.69, 9.17) is 10.2 Å². The number of hydrogen-bond donors (Lipinski definition) is 2. The molecule has 0 saturated carbocycles. The smallest absolute Gasteiger partial charge is 0.330 e. The van der Waals surface area contributed by atoms with E-state index in [2.05, 4.69) is 6.58 Å². The van der Waals surface area contributed by atoms with Crippen LogP contribution in [-0.4, -0.2) is 22.2 Å². The Morgan fingerprint density at radius 2 is 1.85 bits per heavy atom. The molecule has 0 unspecified atom stereocenters. The lowest BCUT2D eigenvalue weighted by Gasteiger charge is -1.96. The average molecular weight is 184 g/mol. The maximum Gasteiger partial charge on any atom is 0.330 e. The minimum Gasteiger partial charge on any atom is -0.478 e. The van der Waals surface area contributed by atoms with Crippen LogP contribution in [0.15, 0.2) is 23.8 Å². The molecule has 0 aromatic heterocycles. The van der Waals surface area contributed by atoms with Crippen LogP contribution in [0.3, 0.4) is 0 Å². The van der Waals surface area contributed by atoms with E-state index in [1.165, 1.54) is 13.0 Å². The van der Waals surface area contributed by atoms with E-state index < -0.39 is 11.9 Å². The molecule has 2 N–H and O–H groups in total. The molecule has 0 aliphatic heterocycles. The van der Waals surface area contributed by atoms with Crippen molar-refractivity contribution in [2.75, 3.05) is 0 Å². The summed E-state index contributed by atoms with van der Waals surface area (Å²) >= 11 is 0. The summed E-state index contributed by atoms with van der Waals surface area (Å²) in [6.45, 7) is 4.78. The van der Waals surface area contributed by atoms with Gasteiger partial charge in [0.2, 0.25) is 0 Å². The molecule has 0 aromatic carbocycles. The molecule has 0 bridgehead atoms. The minimum absolute atomic E-state index is 0.0921. The van der Waals surface area contributed by atoms with Gasteiger partial charge in [-0.25, -0.2) is 9.59 Å². The van der Waals surface area contributed by atoms with Crippen molar-refractivity contribution in [3.05, 3.63) is 23.8 Å². The molecular formula is C9H12O4. The monoisotopic (exact) mass is 184 g/mol. The Kier molecular flexibility index (Phi) is 4.51. The number of carboxylic acids is 2. The Morgan fingerprint density at radius 1 is 1.31 bits per heavy atom. The van der Waals surface area contributed by atoms with Gasteiger partial charge >= 0.3 is 11.9 Å². The van der Waals surface area contributed by atoms with Crippen LogP contribution in [0.1, 0.15) is 19.8 Å². The summed E-state index contributed by atoms with van der Waals surface area (Å²) in [5.41, 5.74) is 0.313. The number of allylic oxidation sites excluding steroid dienone is 1. The number of aliphatic carboxylic acids is 2. The summed E-state index contributed by atoms with van der Waals surface area (Å²) in [5.74, 6) is -2.03. The molecule has 0 spiro atoms. The molecule has 0 amide bonds. The van der Waals surface area contributed by atoms with Crippen LogP contribution in [0.2, 0.25) is 0 Å². The number of rotatable bonds is 5. The van der Waals surface area contributed by atoms with Gasteiger partial charge in [0, 0.05) is 11.1 Å². The lowest BCUT2D eigenvalue weighted by molar-refractivity contribution is -0.133. The molecule has 4 nitrogen and oxygen atoms in total. The molecule has 72 valence electrons. The molecule has 0 aliphatic carbocycles. The van der Waals surface area contributed by atoms with Crippen molar-refractivity contribution in [1.29, 1.82) is 0 Å². The second-order valence-electron chi connectivity index (χ2n) is 2.64. The first-order chi connectivity index (χ1) is 5.95. The number of carbonyl (C=O) groups is 2. The quantitative estimate of drug-likeness (QED) is 0.634. The Balaban J connectivity index is 3.93. The van der Waals surface area contributed by atoms with Crippen molar-refractivity contribution in [3.63, 3.8) is 0 Å². The van der Waals surface area contributed by atoms with E-state index >= 15 is 0 Å². The molecule has 0 radical (unpaired) electrons. The van der Waals surface area contributed by atoms with Crippen LogP contribution in [0.25, 0.3) is 0 Å². The molecule has 0 aromatic rings. The zero-order chi connectivity index (χ0) is 10.4. The summed E-state index contributed by atoms with van der Waals surface area (Å²) in [6.07, 6.45) is 2.15. The fraction of sp³-hybridized carbons (Fsp3) is 0.333. The molecule has 0 saturated heterocycles. The SMILES string of the molecule is C=C(CCC=C(C)C(=O)O)C(=O)O. The van der Waals surface area contributed by atoms with Crippen LogP contribution < -0.4 is 0 Å². The van der Waals surface area contributed by atoms with Gasteiger partial charge in [-0.15, -0.1) is 0 Å². The largest absolute Gasteiger partial charge is 0.478 e. The van der Waals surface area contributed by atoms with Gasteiger partial charge in [-0.05, 0) is 19.8 Å². The normalized spacial score (nSPS) is 11.0. The van der Waals surface area contributed by atoms with Crippen LogP contribution in [0.5, 0.6) is 0 Å². The van der Waals surface area contributed by atoms with Crippen molar-refractivity contribution in [3.8, 4) is 0 Å². The molecular weight excluding hydrogens is 172 g/mol. The van der Waals surface area contributed by atoms with Crippen LogP contribution in [0.4, 0.5) is 0 Å². The molecule has 13 heavy (non-hydrogen) atoms. The lowest BCUT2D eigenvalue weighted by atomic mass is 10.1. The van der Waals surface area contributed by atoms with Gasteiger partial charge in [-0.2, -0.15) is 0 Å².